The molecule has 3 rings (SSSR count). The second-order valence-corrected chi connectivity index (χ2v) is 4.91. The molecule has 0 amide bonds. The molecule has 94 valence electrons. The highest BCUT2D eigenvalue weighted by Crippen LogP contribution is 2.25. The monoisotopic (exact) mass is 241 g/mol. The van der Waals surface area contributed by atoms with Gasteiger partial charge in [-0.05, 0) is 38.1 Å². The molecule has 2 heterocycles. The van der Waals surface area contributed by atoms with Crippen LogP contribution in [0.25, 0.3) is 10.9 Å². The molecule has 3 nitrogen and oxygen atoms in total. The van der Waals surface area contributed by atoms with Crippen molar-refractivity contribution in [2.45, 2.75) is 18.9 Å². The maximum absolute atomic E-state index is 4.79. The molecule has 3 heteroatoms. The Balaban J connectivity index is 1.93. The zero-order valence-electron chi connectivity index (χ0n) is 10.8. The summed E-state index contributed by atoms with van der Waals surface area (Å²) in [4.78, 5) is 7.22. The summed E-state index contributed by atoms with van der Waals surface area (Å²) in [6.45, 7) is 2.16. The first kappa shape index (κ1) is 11.5. The van der Waals surface area contributed by atoms with Crippen molar-refractivity contribution >= 4 is 16.7 Å². The summed E-state index contributed by atoms with van der Waals surface area (Å²) in [5.41, 5.74) is 1.09. The van der Waals surface area contributed by atoms with Gasteiger partial charge in [-0.2, -0.15) is 0 Å². The van der Waals surface area contributed by atoms with E-state index in [1.165, 1.54) is 18.2 Å². The Morgan fingerprint density at radius 3 is 3.06 bits per heavy atom. The third-order valence-electron chi connectivity index (χ3n) is 3.69. The normalized spacial score (nSPS) is 19.6. The van der Waals surface area contributed by atoms with E-state index >= 15 is 0 Å². The first-order valence-electron chi connectivity index (χ1n) is 6.65. The van der Waals surface area contributed by atoms with Crippen molar-refractivity contribution in [1.29, 1.82) is 0 Å². The van der Waals surface area contributed by atoms with E-state index in [0.29, 0.717) is 6.04 Å². The third-order valence-corrected chi connectivity index (χ3v) is 3.69. The quantitative estimate of drug-likeness (QED) is 0.894. The van der Waals surface area contributed by atoms with Gasteiger partial charge in [0.1, 0.15) is 5.82 Å². The lowest BCUT2D eigenvalue weighted by molar-refractivity contribution is 0.612. The molecule has 0 saturated carbocycles. The zero-order valence-corrected chi connectivity index (χ0v) is 10.8. The molecule has 1 unspecified atom stereocenters. The predicted octanol–water partition coefficient (Wildman–Crippen LogP) is 2.42. The minimum Gasteiger partial charge on any atom is -0.352 e. The SMILES string of the molecule is CNCC1CCCN1c1ccc2ccccc2n1. The molecule has 2 aromatic rings. The number of aromatic nitrogens is 1. The van der Waals surface area contributed by atoms with Gasteiger partial charge in [0, 0.05) is 24.5 Å². The predicted molar refractivity (Wildman–Crippen MR) is 76.0 cm³/mol. The molecule has 0 aliphatic carbocycles. The molecule has 1 fully saturated rings. The van der Waals surface area contributed by atoms with E-state index in [4.69, 9.17) is 4.98 Å². The van der Waals surface area contributed by atoms with Crippen LogP contribution in [-0.4, -0.2) is 31.2 Å². The van der Waals surface area contributed by atoms with E-state index in [0.717, 1.165) is 24.4 Å². The van der Waals surface area contributed by atoms with Crippen molar-refractivity contribution in [1.82, 2.24) is 10.3 Å². The lowest BCUT2D eigenvalue weighted by atomic mass is 10.2. The molecule has 0 radical (unpaired) electrons. The van der Waals surface area contributed by atoms with Crippen molar-refractivity contribution in [3.63, 3.8) is 0 Å². The van der Waals surface area contributed by atoms with Gasteiger partial charge in [-0.1, -0.05) is 18.2 Å². The number of para-hydroxylation sites is 1. The molecule has 18 heavy (non-hydrogen) atoms. The highest BCUT2D eigenvalue weighted by molar-refractivity contribution is 5.80. The van der Waals surface area contributed by atoms with Crippen LogP contribution in [0.5, 0.6) is 0 Å². The fourth-order valence-corrected chi connectivity index (χ4v) is 2.80. The largest absolute Gasteiger partial charge is 0.352 e. The molecule has 1 aliphatic rings. The third kappa shape index (κ3) is 2.06. The molecule has 1 aromatic carbocycles. The second kappa shape index (κ2) is 4.94. The van der Waals surface area contributed by atoms with Crippen LogP contribution < -0.4 is 10.2 Å². The van der Waals surface area contributed by atoms with E-state index in [9.17, 15) is 0 Å². The van der Waals surface area contributed by atoms with Crippen molar-refractivity contribution in [3.05, 3.63) is 36.4 Å². The fraction of sp³-hybridized carbons (Fsp3) is 0.400. The number of benzene rings is 1. The number of likely N-dealkylation sites (N-methyl/N-ethyl adjacent to an activating group) is 1. The number of rotatable bonds is 3. The molecule has 1 N–H and O–H groups in total. The van der Waals surface area contributed by atoms with Crippen LogP contribution in [0.1, 0.15) is 12.8 Å². The van der Waals surface area contributed by atoms with Gasteiger partial charge >= 0.3 is 0 Å². The summed E-state index contributed by atoms with van der Waals surface area (Å²) >= 11 is 0. The number of fused-ring (bicyclic) bond motifs is 1. The summed E-state index contributed by atoms with van der Waals surface area (Å²) in [7, 11) is 2.02. The molecule has 1 aromatic heterocycles. The van der Waals surface area contributed by atoms with Gasteiger partial charge in [-0.3, -0.25) is 0 Å². The van der Waals surface area contributed by atoms with Crippen LogP contribution in [0.3, 0.4) is 0 Å². The van der Waals surface area contributed by atoms with Crippen LogP contribution in [0.4, 0.5) is 5.82 Å². The average Bonchev–Trinajstić information content (AvgIpc) is 2.87. The Labute approximate surface area is 108 Å². The maximum Gasteiger partial charge on any atom is 0.129 e. The number of nitrogens with zero attached hydrogens (tertiary/aromatic N) is 2. The topological polar surface area (TPSA) is 28.2 Å². The number of hydrogen-bond donors (Lipinski definition) is 1. The van der Waals surface area contributed by atoms with E-state index in [-0.39, 0.29) is 0 Å². The number of nitrogens with one attached hydrogen (secondary N) is 1. The molecule has 1 aliphatic heterocycles. The smallest absolute Gasteiger partial charge is 0.129 e. The minimum absolute atomic E-state index is 0.587. The van der Waals surface area contributed by atoms with Gasteiger partial charge in [-0.25, -0.2) is 4.98 Å². The van der Waals surface area contributed by atoms with E-state index in [1.54, 1.807) is 0 Å². The summed E-state index contributed by atoms with van der Waals surface area (Å²) < 4.78 is 0. The maximum atomic E-state index is 4.79. The summed E-state index contributed by atoms with van der Waals surface area (Å²) in [6, 6.07) is 13.2. The number of hydrogen-bond acceptors (Lipinski definition) is 3. The van der Waals surface area contributed by atoms with Gasteiger partial charge in [0.25, 0.3) is 0 Å². The Morgan fingerprint density at radius 1 is 1.28 bits per heavy atom. The van der Waals surface area contributed by atoms with E-state index < -0.39 is 0 Å². The van der Waals surface area contributed by atoms with Crippen LogP contribution in [0, 0.1) is 0 Å². The molecule has 1 atom stereocenters. The van der Waals surface area contributed by atoms with Crippen molar-refractivity contribution in [3.8, 4) is 0 Å². The van der Waals surface area contributed by atoms with E-state index in [2.05, 4.69) is 40.5 Å². The summed E-state index contributed by atoms with van der Waals surface area (Å²) in [6.07, 6.45) is 2.52. The summed E-state index contributed by atoms with van der Waals surface area (Å²) in [5.74, 6) is 1.12. The fourth-order valence-electron chi connectivity index (χ4n) is 2.80. The molecular formula is C15H19N3. The number of anilines is 1. The van der Waals surface area contributed by atoms with Gasteiger partial charge in [0.2, 0.25) is 0 Å². The Kier molecular flexibility index (Phi) is 3.15. The zero-order chi connectivity index (χ0) is 12.4. The van der Waals surface area contributed by atoms with Gasteiger partial charge < -0.3 is 10.2 Å². The highest BCUT2D eigenvalue weighted by atomic mass is 15.2. The summed E-state index contributed by atoms with van der Waals surface area (Å²) in [5, 5.41) is 4.49. The molecular weight excluding hydrogens is 222 g/mol. The molecule has 1 saturated heterocycles. The van der Waals surface area contributed by atoms with Crippen LogP contribution in [0.15, 0.2) is 36.4 Å². The Bertz CT molecular complexity index is 538. The first-order chi connectivity index (χ1) is 8.88. The highest BCUT2D eigenvalue weighted by Gasteiger charge is 2.24. The van der Waals surface area contributed by atoms with Crippen LogP contribution >= 0.6 is 0 Å². The van der Waals surface area contributed by atoms with Gasteiger partial charge in [-0.15, -0.1) is 0 Å². The Morgan fingerprint density at radius 2 is 2.17 bits per heavy atom. The average molecular weight is 241 g/mol. The lowest BCUT2D eigenvalue weighted by Gasteiger charge is -2.25. The van der Waals surface area contributed by atoms with Gasteiger partial charge in [0.15, 0.2) is 0 Å². The molecule has 0 bridgehead atoms. The minimum atomic E-state index is 0.587. The molecule has 0 spiro atoms. The van der Waals surface area contributed by atoms with Crippen molar-refractivity contribution in [2.24, 2.45) is 0 Å². The van der Waals surface area contributed by atoms with Crippen molar-refractivity contribution < 1.29 is 0 Å². The standard InChI is InChI=1S/C15H19N3/c1-16-11-13-6-4-10-18(13)15-9-8-12-5-2-3-7-14(12)17-15/h2-3,5,7-9,13,16H,4,6,10-11H2,1H3. The van der Waals surface area contributed by atoms with Crippen LogP contribution in [0.2, 0.25) is 0 Å². The Hall–Kier alpha value is -1.61. The first-order valence-corrected chi connectivity index (χ1v) is 6.65. The second-order valence-electron chi connectivity index (χ2n) is 4.91. The lowest BCUT2D eigenvalue weighted by Crippen LogP contribution is -2.37. The number of pyridine rings is 1. The van der Waals surface area contributed by atoms with Crippen molar-refractivity contribution in [2.75, 3.05) is 25.0 Å². The van der Waals surface area contributed by atoms with E-state index in [1.807, 2.05) is 13.1 Å². The van der Waals surface area contributed by atoms with Gasteiger partial charge in [0.05, 0.1) is 5.52 Å². The van der Waals surface area contributed by atoms with Crippen LogP contribution in [-0.2, 0) is 0 Å².